The highest BCUT2D eigenvalue weighted by Gasteiger charge is 2.92. The molecule has 0 aromatic rings. The SMILES string of the molecule is CC(C)C(C(F)(F)F)C(F)(F)C(F)(F)C(F)(F)C(F)(F)C(F)(F)C(F)(F)OC(=O)C=CC(=O)O. The van der Waals surface area contributed by atoms with Crippen molar-refractivity contribution in [3.05, 3.63) is 12.2 Å². The van der Waals surface area contributed by atoms with Crippen LogP contribution in [0.3, 0.4) is 0 Å². The maximum absolute atomic E-state index is 13.8. The van der Waals surface area contributed by atoms with E-state index < -0.39 is 77.8 Å². The number of carbonyl (C=O) groups excluding carboxylic acids is 1. The first kappa shape index (κ1) is 31.6. The molecule has 0 aliphatic heterocycles. The van der Waals surface area contributed by atoms with Gasteiger partial charge in [-0.2, -0.15) is 65.9 Å². The lowest BCUT2D eigenvalue weighted by molar-refractivity contribution is -0.458. The average molecular weight is 540 g/mol. The molecule has 0 spiro atoms. The molecule has 0 amide bonds. The van der Waals surface area contributed by atoms with Gasteiger partial charge in [-0.1, -0.05) is 13.8 Å². The lowest BCUT2D eigenvalue weighted by Crippen LogP contribution is -2.72. The van der Waals surface area contributed by atoms with Crippen molar-refractivity contribution in [2.24, 2.45) is 11.8 Å². The number of alkyl halides is 15. The second kappa shape index (κ2) is 9.01. The Morgan fingerprint density at radius 2 is 1.06 bits per heavy atom. The molecule has 0 saturated heterocycles. The fourth-order valence-electron chi connectivity index (χ4n) is 2.35. The molecule has 4 nitrogen and oxygen atoms in total. The van der Waals surface area contributed by atoms with Gasteiger partial charge in [0.2, 0.25) is 0 Å². The van der Waals surface area contributed by atoms with Crippen LogP contribution < -0.4 is 0 Å². The fourth-order valence-corrected chi connectivity index (χ4v) is 2.35. The lowest BCUT2D eigenvalue weighted by atomic mass is 9.81. The predicted octanol–water partition coefficient (Wildman–Crippen LogP) is 5.77. The fraction of sp³-hybridized carbons (Fsp3) is 0.733. The molecule has 0 radical (unpaired) electrons. The van der Waals surface area contributed by atoms with E-state index in [-0.39, 0.29) is 13.8 Å². The van der Waals surface area contributed by atoms with Gasteiger partial charge in [0.05, 0.1) is 0 Å². The van der Waals surface area contributed by atoms with E-state index in [1.54, 1.807) is 0 Å². The minimum Gasteiger partial charge on any atom is -0.478 e. The van der Waals surface area contributed by atoms with Gasteiger partial charge in [-0.05, 0) is 5.92 Å². The monoisotopic (exact) mass is 540 g/mol. The molecule has 0 aliphatic carbocycles. The van der Waals surface area contributed by atoms with Crippen molar-refractivity contribution in [1.82, 2.24) is 0 Å². The number of carboxylic acids is 1. The van der Waals surface area contributed by atoms with Gasteiger partial charge in [0.25, 0.3) is 0 Å². The van der Waals surface area contributed by atoms with Gasteiger partial charge < -0.3 is 9.84 Å². The molecule has 19 heteroatoms. The zero-order valence-electron chi connectivity index (χ0n) is 16.2. The summed E-state index contributed by atoms with van der Waals surface area (Å²) in [5.74, 6) is -52.5. The summed E-state index contributed by atoms with van der Waals surface area (Å²) in [7, 11) is 0. The molecule has 1 unspecified atom stereocenters. The van der Waals surface area contributed by atoms with E-state index in [4.69, 9.17) is 5.11 Å². The molecule has 1 atom stereocenters. The molecule has 1 N–H and O–H groups in total. The molecule has 0 fully saturated rings. The maximum atomic E-state index is 13.8. The van der Waals surface area contributed by atoms with Crippen molar-refractivity contribution < 1.29 is 85.3 Å². The largest absolute Gasteiger partial charge is 0.478 e. The molecule has 200 valence electrons. The number of halogens is 15. The summed E-state index contributed by atoms with van der Waals surface area (Å²) < 4.78 is 204. The van der Waals surface area contributed by atoms with Gasteiger partial charge in [-0.3, -0.25) is 0 Å². The third kappa shape index (κ3) is 5.16. The summed E-state index contributed by atoms with van der Waals surface area (Å²) >= 11 is 0. The predicted molar refractivity (Wildman–Crippen MR) is 76.9 cm³/mol. The van der Waals surface area contributed by atoms with Crippen LogP contribution in [0.1, 0.15) is 13.8 Å². The van der Waals surface area contributed by atoms with E-state index in [2.05, 4.69) is 4.74 Å². The number of carboxylic acid groups (broad SMARTS) is 1. The van der Waals surface area contributed by atoms with Crippen molar-refractivity contribution >= 4 is 11.9 Å². The van der Waals surface area contributed by atoms with Crippen LogP contribution >= 0.6 is 0 Å². The first-order valence-corrected chi connectivity index (χ1v) is 8.10. The van der Waals surface area contributed by atoms with Gasteiger partial charge in [-0.25, -0.2) is 9.59 Å². The van der Waals surface area contributed by atoms with Gasteiger partial charge in [0.1, 0.15) is 5.92 Å². The zero-order chi connectivity index (χ0) is 27.9. The van der Waals surface area contributed by atoms with Crippen molar-refractivity contribution in [3.8, 4) is 0 Å². The molecule has 0 saturated carbocycles. The Labute approximate surface area is 178 Å². The molecular formula is C15H11F15O4. The highest BCUT2D eigenvalue weighted by molar-refractivity contribution is 5.90. The van der Waals surface area contributed by atoms with Crippen molar-refractivity contribution in [2.75, 3.05) is 0 Å². The van der Waals surface area contributed by atoms with Gasteiger partial charge in [-0.15, -0.1) is 0 Å². The van der Waals surface area contributed by atoms with Gasteiger partial charge in [0, 0.05) is 12.2 Å². The smallest absolute Gasteiger partial charge is 0.473 e. The Bertz CT molecular complexity index is 798. The Hall–Kier alpha value is -2.37. The third-order valence-corrected chi connectivity index (χ3v) is 3.97. The summed E-state index contributed by atoms with van der Waals surface area (Å²) in [6.07, 6.45) is -14.8. The Morgan fingerprint density at radius 1 is 0.676 bits per heavy atom. The normalized spacial score (nSPS) is 16.2. The highest BCUT2D eigenvalue weighted by Crippen LogP contribution is 2.63. The summed E-state index contributed by atoms with van der Waals surface area (Å²) in [5.41, 5.74) is 0. The molecule has 0 aliphatic rings. The van der Waals surface area contributed by atoms with Crippen LogP contribution in [0.15, 0.2) is 12.2 Å². The van der Waals surface area contributed by atoms with Crippen molar-refractivity contribution in [2.45, 2.75) is 55.7 Å². The number of hydrogen-bond donors (Lipinski definition) is 1. The van der Waals surface area contributed by atoms with Crippen LogP contribution in [0.2, 0.25) is 0 Å². The van der Waals surface area contributed by atoms with Crippen LogP contribution in [-0.4, -0.2) is 58.9 Å². The van der Waals surface area contributed by atoms with Crippen LogP contribution in [0.25, 0.3) is 0 Å². The minimum atomic E-state index is -8.32. The van der Waals surface area contributed by atoms with E-state index in [1.165, 1.54) is 0 Å². The zero-order valence-corrected chi connectivity index (χ0v) is 16.2. The van der Waals surface area contributed by atoms with Gasteiger partial charge in [0.15, 0.2) is 0 Å². The lowest BCUT2D eigenvalue weighted by Gasteiger charge is -2.43. The van der Waals surface area contributed by atoms with Crippen LogP contribution in [0, 0.1) is 11.8 Å². The third-order valence-electron chi connectivity index (χ3n) is 3.97. The minimum absolute atomic E-state index is 0.102. The molecule has 0 bridgehead atoms. The number of aliphatic carboxylic acids is 1. The highest BCUT2D eigenvalue weighted by atomic mass is 19.4. The van der Waals surface area contributed by atoms with Crippen LogP contribution in [0.5, 0.6) is 0 Å². The number of hydrogen-bond acceptors (Lipinski definition) is 3. The van der Waals surface area contributed by atoms with Crippen molar-refractivity contribution in [1.29, 1.82) is 0 Å². The Morgan fingerprint density at radius 3 is 1.38 bits per heavy atom. The molecule has 0 aromatic heterocycles. The first-order valence-electron chi connectivity index (χ1n) is 8.10. The summed E-state index contributed by atoms with van der Waals surface area (Å²) in [5, 5.41) is 8.08. The second-order valence-electron chi connectivity index (χ2n) is 6.79. The summed E-state index contributed by atoms with van der Waals surface area (Å²) in [6.45, 7) is 0.205. The molecule has 34 heavy (non-hydrogen) atoms. The summed E-state index contributed by atoms with van der Waals surface area (Å²) in [6, 6.07) is 0. The van der Waals surface area contributed by atoms with Crippen molar-refractivity contribution in [3.63, 3.8) is 0 Å². The average Bonchev–Trinajstić information content (AvgIpc) is 2.56. The topological polar surface area (TPSA) is 63.6 Å². The quantitative estimate of drug-likeness (QED) is 0.217. The number of ether oxygens (including phenoxy) is 1. The second-order valence-corrected chi connectivity index (χ2v) is 6.79. The molecular weight excluding hydrogens is 529 g/mol. The number of esters is 1. The van der Waals surface area contributed by atoms with Crippen LogP contribution in [0.4, 0.5) is 65.9 Å². The molecule has 0 rings (SSSR count). The van der Waals surface area contributed by atoms with E-state index in [0.29, 0.717) is 0 Å². The first-order chi connectivity index (χ1) is 14.6. The number of rotatable bonds is 10. The van der Waals surface area contributed by atoms with E-state index in [9.17, 15) is 75.4 Å². The molecule has 0 aromatic carbocycles. The standard InChI is InChI=1S/C15H11F15O4/c1-5(2)8(10(18,19)20)9(16,17)11(21,22)12(23,24)13(25,26)14(27,28)15(29,30)34-7(33)4-3-6(31)32/h3-5,8H,1-2H3,(H,31,32). The molecule has 0 heterocycles. The van der Waals surface area contributed by atoms with E-state index in [1.807, 2.05) is 0 Å². The van der Waals surface area contributed by atoms with Gasteiger partial charge >= 0.3 is 53.8 Å². The Balaban J connectivity index is 6.62. The van der Waals surface area contributed by atoms with E-state index >= 15 is 0 Å². The van der Waals surface area contributed by atoms with E-state index in [0.717, 1.165) is 0 Å². The number of carbonyl (C=O) groups is 2. The summed E-state index contributed by atoms with van der Waals surface area (Å²) in [4.78, 5) is 20.9. The van der Waals surface area contributed by atoms with Crippen LogP contribution in [-0.2, 0) is 14.3 Å². The Kier molecular flexibility index (Phi) is 8.38. The maximum Gasteiger partial charge on any atom is 0.473 e.